The molecule has 0 unspecified atom stereocenters. The largest absolute Gasteiger partial charge is 0.339 e. The van der Waals surface area contributed by atoms with Crippen molar-refractivity contribution in [2.45, 2.75) is 20.8 Å². The molecule has 0 saturated heterocycles. The van der Waals surface area contributed by atoms with Crippen LogP contribution in [-0.4, -0.2) is 16.1 Å². The van der Waals surface area contributed by atoms with Crippen molar-refractivity contribution in [1.82, 2.24) is 10.2 Å². The Morgan fingerprint density at radius 1 is 1.00 bits per heavy atom. The van der Waals surface area contributed by atoms with E-state index in [9.17, 15) is 4.79 Å². The van der Waals surface area contributed by atoms with Gasteiger partial charge in [0.25, 0.3) is 0 Å². The molecule has 0 aliphatic heterocycles. The van der Waals surface area contributed by atoms with Crippen molar-refractivity contribution in [2.24, 2.45) is 5.41 Å². The number of rotatable bonds is 3. The van der Waals surface area contributed by atoms with E-state index >= 15 is 0 Å². The highest BCUT2D eigenvalue weighted by Crippen LogP contribution is 2.19. The minimum Gasteiger partial charge on any atom is -0.339 e. The van der Waals surface area contributed by atoms with Crippen LogP contribution in [0.2, 0.25) is 5.02 Å². The highest BCUT2D eigenvalue weighted by Gasteiger charge is 2.21. The normalized spacial score (nSPS) is 11.0. The summed E-state index contributed by atoms with van der Waals surface area (Å²) in [6, 6.07) is 10.7. The van der Waals surface area contributed by atoms with Crippen LogP contribution in [0.3, 0.4) is 0 Å². The summed E-state index contributed by atoms with van der Waals surface area (Å²) < 4.78 is 0. The van der Waals surface area contributed by atoms with E-state index in [0.717, 1.165) is 5.69 Å². The second kappa shape index (κ2) is 6.10. The minimum atomic E-state index is -0.470. The molecule has 1 aromatic heterocycles. The van der Waals surface area contributed by atoms with Gasteiger partial charge < -0.3 is 10.6 Å². The predicted molar refractivity (Wildman–Crippen MR) is 84.9 cm³/mol. The van der Waals surface area contributed by atoms with E-state index in [1.807, 2.05) is 32.9 Å². The molecule has 0 saturated carbocycles. The summed E-state index contributed by atoms with van der Waals surface area (Å²) in [5.41, 5.74) is 0.391. The monoisotopic (exact) mass is 304 g/mol. The Morgan fingerprint density at radius 3 is 2.10 bits per heavy atom. The number of benzene rings is 1. The quantitative estimate of drug-likeness (QED) is 0.903. The third-order valence-corrected chi connectivity index (χ3v) is 2.96. The number of nitrogens with zero attached hydrogens (tertiary/aromatic N) is 2. The molecule has 0 aliphatic carbocycles. The average molecular weight is 305 g/mol. The standard InChI is InChI=1S/C15H17ClN4O/c1-15(2,3)14(21)18-13-9-8-12(19-20-13)17-11-6-4-10(16)5-7-11/h4-9H,1-3H3,(H,17,19)(H,18,20,21). The van der Waals surface area contributed by atoms with Crippen molar-refractivity contribution < 1.29 is 4.79 Å². The van der Waals surface area contributed by atoms with Crippen molar-refractivity contribution in [3.05, 3.63) is 41.4 Å². The van der Waals surface area contributed by atoms with Crippen LogP contribution in [0, 0.1) is 5.41 Å². The van der Waals surface area contributed by atoms with Crippen LogP contribution in [-0.2, 0) is 4.79 Å². The zero-order valence-corrected chi connectivity index (χ0v) is 12.9. The zero-order chi connectivity index (χ0) is 15.5. The molecule has 0 fully saturated rings. The van der Waals surface area contributed by atoms with Gasteiger partial charge in [-0.15, -0.1) is 10.2 Å². The number of nitrogens with one attached hydrogen (secondary N) is 2. The molecule has 21 heavy (non-hydrogen) atoms. The summed E-state index contributed by atoms with van der Waals surface area (Å²) in [6.45, 7) is 5.52. The SMILES string of the molecule is CC(C)(C)C(=O)Nc1ccc(Nc2ccc(Cl)cc2)nn1. The van der Waals surface area contributed by atoms with Crippen molar-refractivity contribution in [3.8, 4) is 0 Å². The van der Waals surface area contributed by atoms with Gasteiger partial charge in [0.1, 0.15) is 0 Å². The van der Waals surface area contributed by atoms with Gasteiger partial charge in [-0.3, -0.25) is 4.79 Å². The summed E-state index contributed by atoms with van der Waals surface area (Å²) in [5, 5.41) is 14.5. The molecule has 1 amide bonds. The molecule has 2 aromatic rings. The van der Waals surface area contributed by atoms with Crippen molar-refractivity contribution in [1.29, 1.82) is 0 Å². The first-order valence-corrected chi connectivity index (χ1v) is 6.90. The number of carbonyl (C=O) groups excluding carboxylic acids is 1. The molecule has 2 rings (SSSR count). The molecular formula is C15H17ClN4O. The van der Waals surface area contributed by atoms with E-state index < -0.39 is 5.41 Å². The third kappa shape index (κ3) is 4.43. The zero-order valence-electron chi connectivity index (χ0n) is 12.1. The molecule has 0 atom stereocenters. The summed E-state index contributed by atoms with van der Waals surface area (Å²) in [6.07, 6.45) is 0. The second-order valence-electron chi connectivity index (χ2n) is 5.64. The Bertz CT molecular complexity index is 618. The fraction of sp³-hybridized carbons (Fsp3) is 0.267. The van der Waals surface area contributed by atoms with Gasteiger partial charge in [0.2, 0.25) is 5.91 Å². The number of aromatic nitrogens is 2. The maximum absolute atomic E-state index is 11.8. The molecule has 1 heterocycles. The molecule has 0 bridgehead atoms. The summed E-state index contributed by atoms with van der Waals surface area (Å²) in [7, 11) is 0. The van der Waals surface area contributed by atoms with Crippen LogP contribution in [0.5, 0.6) is 0 Å². The highest BCUT2D eigenvalue weighted by molar-refractivity contribution is 6.30. The number of carbonyl (C=O) groups is 1. The van der Waals surface area contributed by atoms with E-state index in [1.165, 1.54) is 0 Å². The van der Waals surface area contributed by atoms with Crippen LogP contribution in [0.25, 0.3) is 0 Å². The lowest BCUT2D eigenvalue weighted by atomic mass is 9.96. The smallest absolute Gasteiger partial charge is 0.230 e. The van der Waals surface area contributed by atoms with E-state index in [0.29, 0.717) is 16.7 Å². The molecule has 0 radical (unpaired) electrons. The van der Waals surface area contributed by atoms with Gasteiger partial charge in [0.05, 0.1) is 0 Å². The Morgan fingerprint density at radius 2 is 1.57 bits per heavy atom. The van der Waals surface area contributed by atoms with Gasteiger partial charge in [0, 0.05) is 16.1 Å². The number of anilines is 3. The molecule has 2 N–H and O–H groups in total. The van der Waals surface area contributed by atoms with Gasteiger partial charge in [0.15, 0.2) is 11.6 Å². The topological polar surface area (TPSA) is 66.9 Å². The van der Waals surface area contributed by atoms with Gasteiger partial charge >= 0.3 is 0 Å². The summed E-state index contributed by atoms with van der Waals surface area (Å²) >= 11 is 5.82. The van der Waals surface area contributed by atoms with Crippen LogP contribution in [0.15, 0.2) is 36.4 Å². The molecular weight excluding hydrogens is 288 g/mol. The first-order chi connectivity index (χ1) is 9.84. The molecule has 5 nitrogen and oxygen atoms in total. The first-order valence-electron chi connectivity index (χ1n) is 6.52. The van der Waals surface area contributed by atoms with E-state index in [-0.39, 0.29) is 5.91 Å². The van der Waals surface area contributed by atoms with Crippen LogP contribution >= 0.6 is 11.6 Å². The minimum absolute atomic E-state index is 0.102. The molecule has 110 valence electrons. The second-order valence-corrected chi connectivity index (χ2v) is 6.08. The number of hydrogen-bond acceptors (Lipinski definition) is 4. The molecule has 6 heteroatoms. The Balaban J connectivity index is 2.02. The van der Waals surface area contributed by atoms with E-state index in [4.69, 9.17) is 11.6 Å². The lowest BCUT2D eigenvalue weighted by Gasteiger charge is -2.16. The fourth-order valence-corrected chi connectivity index (χ4v) is 1.58. The molecule has 1 aromatic carbocycles. The highest BCUT2D eigenvalue weighted by atomic mass is 35.5. The Labute approximate surface area is 128 Å². The van der Waals surface area contributed by atoms with Crippen LogP contribution in [0.4, 0.5) is 17.3 Å². The molecule has 0 aliphatic rings. The lowest BCUT2D eigenvalue weighted by Crippen LogP contribution is -2.28. The van der Waals surface area contributed by atoms with Crippen molar-refractivity contribution >= 4 is 34.8 Å². The molecule has 0 spiro atoms. The van der Waals surface area contributed by atoms with Gasteiger partial charge in [-0.05, 0) is 36.4 Å². The third-order valence-electron chi connectivity index (χ3n) is 2.70. The summed E-state index contributed by atoms with van der Waals surface area (Å²) in [5.74, 6) is 0.915. The predicted octanol–water partition coefficient (Wildman–Crippen LogP) is 3.86. The van der Waals surface area contributed by atoms with E-state index in [1.54, 1.807) is 24.3 Å². The van der Waals surface area contributed by atoms with Gasteiger partial charge in [-0.25, -0.2) is 0 Å². The van der Waals surface area contributed by atoms with Crippen LogP contribution < -0.4 is 10.6 Å². The van der Waals surface area contributed by atoms with E-state index in [2.05, 4.69) is 20.8 Å². The van der Waals surface area contributed by atoms with Crippen molar-refractivity contribution in [3.63, 3.8) is 0 Å². The maximum Gasteiger partial charge on any atom is 0.230 e. The average Bonchev–Trinajstić information content (AvgIpc) is 2.42. The van der Waals surface area contributed by atoms with Gasteiger partial charge in [-0.1, -0.05) is 32.4 Å². The van der Waals surface area contributed by atoms with Crippen LogP contribution in [0.1, 0.15) is 20.8 Å². The maximum atomic E-state index is 11.8. The fourth-order valence-electron chi connectivity index (χ4n) is 1.45. The number of hydrogen-bond donors (Lipinski definition) is 2. The van der Waals surface area contributed by atoms with Gasteiger partial charge in [-0.2, -0.15) is 0 Å². The Hall–Kier alpha value is -2.14. The van der Waals surface area contributed by atoms with Crippen molar-refractivity contribution in [2.75, 3.05) is 10.6 Å². The lowest BCUT2D eigenvalue weighted by molar-refractivity contribution is -0.123. The first kappa shape index (κ1) is 15.3. The summed E-state index contributed by atoms with van der Waals surface area (Å²) in [4.78, 5) is 11.8. The Kier molecular flexibility index (Phi) is 4.43. The number of amides is 1. The number of halogens is 1.